The maximum Gasteiger partial charge on any atom is 0.136 e. The van der Waals surface area contributed by atoms with Crippen LogP contribution in [0.3, 0.4) is 0 Å². The molecule has 12 rings (SSSR count). The van der Waals surface area contributed by atoms with E-state index in [1.807, 2.05) is 0 Å². The molecule has 8 aromatic rings. The average molecular weight is 649 g/mol. The molecule has 0 N–H and O–H groups in total. The lowest BCUT2D eigenvalue weighted by Crippen LogP contribution is -2.27. The highest BCUT2D eigenvalue weighted by Gasteiger charge is 2.56. The molecule has 0 saturated carbocycles. The average Bonchev–Trinajstić information content (AvgIpc) is 3.95. The molecule has 0 saturated heterocycles. The molecule has 0 fully saturated rings. The van der Waals surface area contributed by atoms with Crippen LogP contribution in [0.4, 0.5) is 0 Å². The fourth-order valence-corrected chi connectivity index (χ4v) is 10.8. The number of allylic oxidation sites excluding steroid dienone is 4. The Morgan fingerprint density at radius 2 is 1.08 bits per heavy atom. The molecule has 0 radical (unpaired) electrons. The van der Waals surface area contributed by atoms with Gasteiger partial charge >= 0.3 is 0 Å². The van der Waals surface area contributed by atoms with Crippen molar-refractivity contribution in [2.45, 2.75) is 24.2 Å². The topological polar surface area (TPSA) is 13.1 Å². The van der Waals surface area contributed by atoms with Crippen molar-refractivity contribution in [2.75, 3.05) is 0 Å². The van der Waals surface area contributed by atoms with Gasteiger partial charge in [0.1, 0.15) is 11.2 Å². The van der Waals surface area contributed by atoms with Gasteiger partial charge in [-0.1, -0.05) is 140 Å². The second kappa shape index (κ2) is 9.53. The van der Waals surface area contributed by atoms with Gasteiger partial charge in [0.2, 0.25) is 0 Å². The Bertz CT molecular complexity index is 2870. The lowest BCUT2D eigenvalue weighted by Gasteiger charge is -2.32. The molecule has 7 aromatic carbocycles. The number of hydrogen-bond acceptors (Lipinski definition) is 1. The zero-order valence-electron chi connectivity index (χ0n) is 28.2. The number of para-hydroxylation sites is 1. The van der Waals surface area contributed by atoms with E-state index >= 15 is 0 Å². The quantitative estimate of drug-likeness (QED) is 0.173. The van der Waals surface area contributed by atoms with Crippen molar-refractivity contribution in [1.29, 1.82) is 0 Å². The van der Waals surface area contributed by atoms with Crippen molar-refractivity contribution in [1.82, 2.24) is 0 Å². The fourth-order valence-electron chi connectivity index (χ4n) is 10.8. The molecule has 1 heteroatoms. The van der Waals surface area contributed by atoms with Crippen LogP contribution in [0.25, 0.3) is 55.3 Å². The largest absolute Gasteiger partial charge is 0.456 e. The van der Waals surface area contributed by atoms with E-state index in [1.54, 1.807) is 0 Å². The summed E-state index contributed by atoms with van der Waals surface area (Å²) in [7, 11) is 0. The molecule has 0 aliphatic heterocycles. The normalized spacial score (nSPS) is 18.8. The predicted molar refractivity (Wildman–Crippen MR) is 208 cm³/mol. The first-order chi connectivity index (χ1) is 25.3. The van der Waals surface area contributed by atoms with Gasteiger partial charge in [-0.25, -0.2) is 0 Å². The third kappa shape index (κ3) is 3.08. The van der Waals surface area contributed by atoms with Gasteiger partial charge in [-0.2, -0.15) is 0 Å². The Labute approximate surface area is 296 Å². The van der Waals surface area contributed by atoms with Crippen LogP contribution in [0.15, 0.2) is 174 Å². The summed E-state index contributed by atoms with van der Waals surface area (Å²) >= 11 is 0. The van der Waals surface area contributed by atoms with Crippen molar-refractivity contribution < 1.29 is 4.42 Å². The van der Waals surface area contributed by atoms with Gasteiger partial charge < -0.3 is 4.42 Å². The zero-order valence-corrected chi connectivity index (χ0v) is 28.2. The summed E-state index contributed by atoms with van der Waals surface area (Å²) in [6, 6.07) is 54.9. The molecule has 238 valence electrons. The minimum atomic E-state index is -0.418. The van der Waals surface area contributed by atoms with Gasteiger partial charge in [-0.3, -0.25) is 0 Å². The van der Waals surface area contributed by atoms with Crippen molar-refractivity contribution in [2.24, 2.45) is 0 Å². The Kier molecular flexibility index (Phi) is 5.16. The van der Waals surface area contributed by atoms with Gasteiger partial charge in [0, 0.05) is 10.8 Å². The molecule has 1 nitrogen and oxygen atoms in total. The standard InChI is InChI=1S/C50H32O/c1-2-3-15-31-27-30-14-4-9-20-38(30)49(31)42-25-26-46-48(35-19-8-13-24-45(35)51-46)47(42)37-29-43-36(28-44(37)49)34-18-7-12-23-41(34)50(43)39-21-10-5-16-32(39)33-17-6-11-22-40(33)50/h2-26,28-29H,27H2,1H3/b3-2-,31-15+. The Balaban J connectivity index is 1.30. The lowest BCUT2D eigenvalue weighted by atomic mass is 9.68. The molecule has 4 aliphatic rings. The highest BCUT2D eigenvalue weighted by atomic mass is 16.3. The van der Waals surface area contributed by atoms with Crippen LogP contribution >= 0.6 is 0 Å². The predicted octanol–water partition coefficient (Wildman–Crippen LogP) is 12.3. The van der Waals surface area contributed by atoms with E-state index in [1.165, 1.54) is 94.2 Å². The first-order valence-electron chi connectivity index (χ1n) is 18.1. The minimum Gasteiger partial charge on any atom is -0.456 e. The molecule has 1 heterocycles. The van der Waals surface area contributed by atoms with E-state index in [2.05, 4.69) is 171 Å². The summed E-state index contributed by atoms with van der Waals surface area (Å²) in [5.74, 6) is 0. The summed E-state index contributed by atoms with van der Waals surface area (Å²) in [5.41, 5.74) is 21.5. The summed E-state index contributed by atoms with van der Waals surface area (Å²) in [4.78, 5) is 0. The Morgan fingerprint density at radius 3 is 1.80 bits per heavy atom. The van der Waals surface area contributed by atoms with E-state index in [0.29, 0.717) is 0 Å². The molecular weight excluding hydrogens is 617 g/mol. The molecule has 0 amide bonds. The molecule has 51 heavy (non-hydrogen) atoms. The van der Waals surface area contributed by atoms with Crippen molar-refractivity contribution in [3.8, 4) is 33.4 Å². The van der Waals surface area contributed by atoms with Crippen molar-refractivity contribution >= 4 is 21.9 Å². The summed E-state index contributed by atoms with van der Waals surface area (Å²) in [6.45, 7) is 2.12. The third-order valence-electron chi connectivity index (χ3n) is 12.5. The Hall–Kier alpha value is -6.18. The fraction of sp³-hybridized carbons (Fsp3) is 0.0800. The molecule has 1 unspecified atom stereocenters. The van der Waals surface area contributed by atoms with Crippen molar-refractivity contribution in [3.05, 3.63) is 214 Å². The Morgan fingerprint density at radius 1 is 0.490 bits per heavy atom. The third-order valence-corrected chi connectivity index (χ3v) is 12.5. The highest BCUT2D eigenvalue weighted by Crippen LogP contribution is 2.68. The number of benzene rings is 7. The van der Waals surface area contributed by atoms with Gasteiger partial charge in [-0.05, 0) is 121 Å². The van der Waals surface area contributed by atoms with Crippen LogP contribution in [-0.2, 0) is 17.3 Å². The monoisotopic (exact) mass is 648 g/mol. The zero-order chi connectivity index (χ0) is 33.5. The smallest absolute Gasteiger partial charge is 0.136 e. The second-order valence-electron chi connectivity index (χ2n) is 14.6. The number of rotatable bonds is 1. The SMILES string of the molecule is C/C=C\C=C1/Cc2ccccc2C12c1cc3c(cc1-c1c2ccc2oc4ccccc4c12)C1(c2ccccc2-c2ccccc21)c1ccccc1-3. The number of hydrogen-bond donors (Lipinski definition) is 0. The van der Waals surface area contributed by atoms with Gasteiger partial charge in [0.05, 0.1) is 10.8 Å². The van der Waals surface area contributed by atoms with Crippen LogP contribution in [0.5, 0.6) is 0 Å². The van der Waals surface area contributed by atoms with Crippen LogP contribution in [0.1, 0.15) is 51.4 Å². The highest BCUT2D eigenvalue weighted by molar-refractivity contribution is 6.16. The van der Waals surface area contributed by atoms with Gasteiger partial charge in [-0.15, -0.1) is 0 Å². The van der Waals surface area contributed by atoms with Crippen molar-refractivity contribution in [3.63, 3.8) is 0 Å². The van der Waals surface area contributed by atoms with Crippen LogP contribution in [0.2, 0.25) is 0 Å². The van der Waals surface area contributed by atoms with Crippen LogP contribution in [0, 0.1) is 0 Å². The molecule has 1 aromatic heterocycles. The van der Waals surface area contributed by atoms with E-state index in [4.69, 9.17) is 4.42 Å². The molecule has 0 bridgehead atoms. The maximum absolute atomic E-state index is 6.61. The molecule has 4 aliphatic carbocycles. The summed E-state index contributed by atoms with van der Waals surface area (Å²) in [6.07, 6.45) is 7.70. The first-order valence-corrected chi connectivity index (χ1v) is 18.1. The summed E-state index contributed by atoms with van der Waals surface area (Å²) in [5, 5.41) is 2.39. The maximum atomic E-state index is 6.61. The van der Waals surface area contributed by atoms with E-state index in [9.17, 15) is 0 Å². The summed E-state index contributed by atoms with van der Waals surface area (Å²) < 4.78 is 6.61. The number of fused-ring (bicyclic) bond motifs is 21. The lowest BCUT2D eigenvalue weighted by molar-refractivity contribution is 0.668. The molecule has 2 spiro atoms. The second-order valence-corrected chi connectivity index (χ2v) is 14.6. The van der Waals surface area contributed by atoms with E-state index < -0.39 is 10.8 Å². The van der Waals surface area contributed by atoms with E-state index in [-0.39, 0.29) is 0 Å². The van der Waals surface area contributed by atoms with Gasteiger partial charge in [0.25, 0.3) is 0 Å². The van der Waals surface area contributed by atoms with Gasteiger partial charge in [0.15, 0.2) is 0 Å². The van der Waals surface area contributed by atoms with E-state index in [0.717, 1.165) is 17.6 Å². The van der Waals surface area contributed by atoms with Crippen LogP contribution < -0.4 is 0 Å². The number of furan rings is 1. The molecule has 1 atom stereocenters. The van der Waals surface area contributed by atoms with Crippen LogP contribution in [-0.4, -0.2) is 0 Å². The first kappa shape index (κ1) is 27.6. The minimum absolute atomic E-state index is 0.409. The molecular formula is C50H32O.